The van der Waals surface area contributed by atoms with Crippen LogP contribution in [0.2, 0.25) is 0 Å². The normalized spacial score (nSPS) is 13.9. The molecule has 0 aliphatic carbocycles. The Morgan fingerprint density at radius 2 is 2.05 bits per heavy atom. The second-order valence-corrected chi connectivity index (χ2v) is 7.89. The molecule has 6 nitrogen and oxygen atoms in total. The van der Waals surface area contributed by atoms with Gasteiger partial charge in [0.25, 0.3) is 0 Å². The first-order valence-corrected chi connectivity index (χ1v) is 8.35. The molecule has 2 aromatic heterocycles. The second-order valence-electron chi connectivity index (χ2n) is 6.25. The lowest BCUT2D eigenvalue weighted by Gasteiger charge is -2.23. The van der Waals surface area contributed by atoms with Crippen molar-refractivity contribution in [1.82, 2.24) is 24.8 Å². The Morgan fingerprint density at radius 3 is 2.57 bits per heavy atom. The molecule has 0 saturated carbocycles. The van der Waals surface area contributed by atoms with Crippen LogP contribution in [0.25, 0.3) is 0 Å². The van der Waals surface area contributed by atoms with Crippen molar-refractivity contribution in [2.45, 2.75) is 52.1 Å². The lowest BCUT2D eigenvalue weighted by molar-refractivity contribution is 0.471. The average Bonchev–Trinajstić information content (AvgIpc) is 2.98. The van der Waals surface area contributed by atoms with Gasteiger partial charge in [-0.05, 0) is 41.3 Å². The van der Waals surface area contributed by atoms with Crippen molar-refractivity contribution in [2.24, 2.45) is 5.84 Å². The maximum Gasteiger partial charge on any atom is 0.102 e. The van der Waals surface area contributed by atoms with Gasteiger partial charge in [-0.15, -0.1) is 5.10 Å². The Kier molecular flexibility index (Phi) is 4.82. The van der Waals surface area contributed by atoms with Gasteiger partial charge in [-0.1, -0.05) is 25.3 Å². The first-order valence-electron chi connectivity index (χ1n) is 6.79. The average molecular weight is 373 g/mol. The minimum atomic E-state index is -0.196. The molecular formula is C13H21BrN6S. The third-order valence-electron chi connectivity index (χ3n) is 3.20. The first kappa shape index (κ1) is 16.5. The molecule has 2 aromatic rings. The maximum absolute atomic E-state index is 5.84. The predicted molar refractivity (Wildman–Crippen MR) is 88.1 cm³/mol. The SMILES string of the molecule is CC(C)n1ncc(Br)c1C(NN)c1snnc1C(C)(C)C. The smallest absolute Gasteiger partial charge is 0.102 e. The van der Waals surface area contributed by atoms with Crippen molar-refractivity contribution in [3.8, 4) is 0 Å². The number of aromatic nitrogens is 4. The summed E-state index contributed by atoms with van der Waals surface area (Å²) in [7, 11) is 0. The molecule has 2 heterocycles. The van der Waals surface area contributed by atoms with Crippen LogP contribution in [0, 0.1) is 0 Å². The van der Waals surface area contributed by atoms with E-state index in [0.29, 0.717) is 0 Å². The molecule has 2 rings (SSSR count). The number of hydrogen-bond acceptors (Lipinski definition) is 6. The standard InChI is InChI=1S/C13H21BrN6S/c1-7(2)20-10(8(14)6-16-20)9(17-15)11-12(13(3,4)5)18-19-21-11/h6-7,9,17H,15H2,1-5H3. The summed E-state index contributed by atoms with van der Waals surface area (Å²) in [6.07, 6.45) is 1.80. The molecule has 3 N–H and O–H groups in total. The van der Waals surface area contributed by atoms with Crippen molar-refractivity contribution >= 4 is 27.5 Å². The second kappa shape index (κ2) is 6.12. The van der Waals surface area contributed by atoms with Crippen molar-refractivity contribution in [2.75, 3.05) is 0 Å². The summed E-state index contributed by atoms with van der Waals surface area (Å²) in [5.41, 5.74) is 4.75. The molecule has 0 radical (unpaired) electrons. The summed E-state index contributed by atoms with van der Waals surface area (Å²) in [6.45, 7) is 10.5. The molecule has 0 fully saturated rings. The zero-order chi connectivity index (χ0) is 15.8. The number of nitrogens with two attached hydrogens (primary N) is 1. The molecule has 0 aliphatic rings. The number of hydrogen-bond donors (Lipinski definition) is 2. The van der Waals surface area contributed by atoms with Crippen molar-refractivity contribution in [3.63, 3.8) is 0 Å². The molecule has 0 saturated heterocycles. The van der Waals surface area contributed by atoms with E-state index in [2.05, 4.69) is 70.7 Å². The highest BCUT2D eigenvalue weighted by Crippen LogP contribution is 2.36. The molecule has 8 heteroatoms. The van der Waals surface area contributed by atoms with Gasteiger partial charge >= 0.3 is 0 Å². The van der Waals surface area contributed by atoms with Crippen LogP contribution < -0.4 is 11.3 Å². The van der Waals surface area contributed by atoms with E-state index < -0.39 is 0 Å². The van der Waals surface area contributed by atoms with Gasteiger partial charge in [0, 0.05) is 11.5 Å². The molecule has 116 valence electrons. The third-order valence-corrected chi connectivity index (χ3v) is 4.60. The van der Waals surface area contributed by atoms with Crippen LogP contribution in [0.3, 0.4) is 0 Å². The zero-order valence-corrected chi connectivity index (χ0v) is 15.3. The van der Waals surface area contributed by atoms with E-state index in [4.69, 9.17) is 5.84 Å². The van der Waals surface area contributed by atoms with E-state index >= 15 is 0 Å². The lowest BCUT2D eigenvalue weighted by atomic mass is 9.89. The number of nitrogens with zero attached hydrogens (tertiary/aromatic N) is 4. The summed E-state index contributed by atoms with van der Waals surface area (Å²) in [4.78, 5) is 1.02. The number of hydrazine groups is 1. The van der Waals surface area contributed by atoms with Crippen molar-refractivity contribution in [1.29, 1.82) is 0 Å². The Hall–Kier alpha value is -0.830. The van der Waals surface area contributed by atoms with E-state index in [0.717, 1.165) is 20.7 Å². The monoisotopic (exact) mass is 372 g/mol. The van der Waals surface area contributed by atoms with Gasteiger partial charge in [0.1, 0.15) is 6.04 Å². The highest BCUT2D eigenvalue weighted by atomic mass is 79.9. The highest BCUT2D eigenvalue weighted by Gasteiger charge is 2.31. The molecule has 0 spiro atoms. The summed E-state index contributed by atoms with van der Waals surface area (Å²) < 4.78 is 7.01. The van der Waals surface area contributed by atoms with Crippen LogP contribution in [0.4, 0.5) is 0 Å². The number of nitrogens with one attached hydrogen (secondary N) is 1. The first-order chi connectivity index (χ1) is 9.77. The Morgan fingerprint density at radius 1 is 1.38 bits per heavy atom. The van der Waals surface area contributed by atoms with Crippen molar-refractivity contribution < 1.29 is 0 Å². The fourth-order valence-electron chi connectivity index (χ4n) is 2.22. The van der Waals surface area contributed by atoms with Gasteiger partial charge in [0.05, 0.1) is 26.9 Å². The number of halogens is 1. The highest BCUT2D eigenvalue weighted by molar-refractivity contribution is 9.10. The maximum atomic E-state index is 5.84. The van der Waals surface area contributed by atoms with Gasteiger partial charge in [-0.2, -0.15) is 5.10 Å². The number of rotatable bonds is 4. The molecule has 0 bridgehead atoms. The summed E-state index contributed by atoms with van der Waals surface area (Å²) in [5, 5.41) is 8.72. The third kappa shape index (κ3) is 3.18. The van der Waals surface area contributed by atoms with E-state index in [1.807, 2.05) is 4.68 Å². The lowest BCUT2D eigenvalue weighted by Crippen LogP contribution is -2.32. The summed E-state index contributed by atoms with van der Waals surface area (Å²) in [6, 6.07) is 0.0413. The fourth-order valence-corrected chi connectivity index (χ4v) is 3.65. The van der Waals surface area contributed by atoms with E-state index in [-0.39, 0.29) is 17.5 Å². The van der Waals surface area contributed by atoms with Crippen LogP contribution >= 0.6 is 27.5 Å². The molecule has 0 aliphatic heterocycles. The molecular weight excluding hydrogens is 352 g/mol. The Balaban J connectivity index is 2.56. The van der Waals surface area contributed by atoms with Gasteiger partial charge in [0.2, 0.25) is 0 Å². The van der Waals surface area contributed by atoms with Crippen LogP contribution in [0.15, 0.2) is 10.7 Å². The van der Waals surface area contributed by atoms with Crippen LogP contribution in [0.1, 0.15) is 63.0 Å². The Labute approximate surface area is 137 Å². The fraction of sp³-hybridized carbons (Fsp3) is 0.615. The molecule has 21 heavy (non-hydrogen) atoms. The van der Waals surface area contributed by atoms with Crippen LogP contribution in [-0.4, -0.2) is 19.4 Å². The molecule has 0 amide bonds. The van der Waals surface area contributed by atoms with Gasteiger partial charge in [0.15, 0.2) is 0 Å². The van der Waals surface area contributed by atoms with Gasteiger partial charge in [-0.25, -0.2) is 5.43 Å². The summed E-state index contributed by atoms with van der Waals surface area (Å²) in [5.74, 6) is 5.84. The minimum absolute atomic E-state index is 0.0907. The van der Waals surface area contributed by atoms with E-state index in [1.54, 1.807) is 6.20 Å². The molecule has 1 atom stereocenters. The Bertz CT molecular complexity index is 612. The molecule has 1 unspecified atom stereocenters. The minimum Gasteiger partial charge on any atom is -0.270 e. The summed E-state index contributed by atoms with van der Waals surface area (Å²) >= 11 is 4.94. The van der Waals surface area contributed by atoms with Gasteiger partial charge in [-0.3, -0.25) is 10.5 Å². The van der Waals surface area contributed by atoms with Gasteiger partial charge < -0.3 is 0 Å². The quantitative estimate of drug-likeness (QED) is 0.636. The van der Waals surface area contributed by atoms with E-state index in [1.165, 1.54) is 11.5 Å². The zero-order valence-electron chi connectivity index (χ0n) is 12.9. The predicted octanol–water partition coefficient (Wildman–Crippen LogP) is 2.93. The van der Waals surface area contributed by atoms with Crippen LogP contribution in [-0.2, 0) is 5.41 Å². The van der Waals surface area contributed by atoms with Crippen molar-refractivity contribution in [3.05, 3.63) is 26.9 Å². The molecule has 0 aromatic carbocycles. The van der Waals surface area contributed by atoms with Crippen LogP contribution in [0.5, 0.6) is 0 Å². The largest absolute Gasteiger partial charge is 0.270 e. The van der Waals surface area contributed by atoms with E-state index in [9.17, 15) is 0 Å². The topological polar surface area (TPSA) is 81.7 Å².